The quantitative estimate of drug-likeness (QED) is 0.863. The number of rotatable bonds is 4. The number of ether oxygens (including phenoxy) is 2. The zero-order valence-electron chi connectivity index (χ0n) is 13.9. The molecule has 0 bridgehead atoms. The van der Waals surface area contributed by atoms with Crippen LogP contribution in [0.3, 0.4) is 0 Å². The monoisotopic (exact) mass is 318 g/mol. The first-order valence-corrected chi connectivity index (χ1v) is 9.10. The molecule has 1 N–H and O–H groups in total. The van der Waals surface area contributed by atoms with E-state index < -0.39 is 5.41 Å². The first-order chi connectivity index (χ1) is 11.1. The van der Waals surface area contributed by atoms with Crippen molar-refractivity contribution in [1.82, 2.24) is 5.32 Å². The third-order valence-corrected chi connectivity index (χ3v) is 6.86. The number of amides is 1. The van der Waals surface area contributed by atoms with Crippen molar-refractivity contribution in [3.8, 4) is 6.07 Å². The van der Waals surface area contributed by atoms with Crippen molar-refractivity contribution in [1.29, 1.82) is 5.26 Å². The van der Waals surface area contributed by atoms with Crippen LogP contribution in [-0.4, -0.2) is 36.9 Å². The van der Waals surface area contributed by atoms with Gasteiger partial charge >= 0.3 is 0 Å². The summed E-state index contributed by atoms with van der Waals surface area (Å²) in [5, 5.41) is 12.9. The third kappa shape index (κ3) is 1.94. The maximum atomic E-state index is 12.9. The minimum atomic E-state index is -0.778. The summed E-state index contributed by atoms with van der Waals surface area (Å²) in [7, 11) is 0. The van der Waals surface area contributed by atoms with Crippen LogP contribution in [0.25, 0.3) is 0 Å². The predicted octanol–water partition coefficient (Wildman–Crippen LogP) is 2.30. The van der Waals surface area contributed by atoms with Crippen LogP contribution in [0.4, 0.5) is 0 Å². The van der Waals surface area contributed by atoms with Gasteiger partial charge in [-0.3, -0.25) is 4.79 Å². The second-order valence-corrected chi connectivity index (χ2v) is 7.79. The lowest BCUT2D eigenvalue weighted by atomic mass is 9.69. The van der Waals surface area contributed by atoms with Gasteiger partial charge in [0.25, 0.3) is 0 Å². The molecule has 0 aromatic heterocycles. The summed E-state index contributed by atoms with van der Waals surface area (Å²) in [5.41, 5.74) is -1.15. The second kappa shape index (κ2) is 5.19. The van der Waals surface area contributed by atoms with E-state index in [1.54, 1.807) is 0 Å². The van der Waals surface area contributed by atoms with E-state index in [1.807, 2.05) is 6.92 Å². The molecule has 4 fully saturated rings. The molecule has 5 nitrogen and oxygen atoms in total. The van der Waals surface area contributed by atoms with Gasteiger partial charge in [0, 0.05) is 18.6 Å². The fourth-order valence-corrected chi connectivity index (χ4v) is 5.41. The summed E-state index contributed by atoms with van der Waals surface area (Å²) in [6, 6.07) is 2.37. The van der Waals surface area contributed by atoms with Gasteiger partial charge < -0.3 is 14.8 Å². The Hall–Kier alpha value is -1.12. The maximum absolute atomic E-state index is 12.9. The minimum absolute atomic E-state index is 0.00155. The Balaban J connectivity index is 1.46. The highest BCUT2D eigenvalue weighted by molar-refractivity contribution is 5.90. The van der Waals surface area contributed by atoms with E-state index in [0.717, 1.165) is 58.0 Å². The van der Waals surface area contributed by atoms with Crippen LogP contribution in [0.1, 0.15) is 58.3 Å². The molecule has 1 saturated heterocycles. The Kier molecular flexibility index (Phi) is 3.48. The minimum Gasteiger partial charge on any atom is -0.375 e. The number of nitrogens with zero attached hydrogens (tertiary/aromatic N) is 1. The van der Waals surface area contributed by atoms with Gasteiger partial charge in [0.15, 0.2) is 0 Å². The van der Waals surface area contributed by atoms with Gasteiger partial charge in [0.2, 0.25) is 5.91 Å². The molecule has 4 rings (SSSR count). The molecule has 126 valence electrons. The summed E-state index contributed by atoms with van der Waals surface area (Å²) in [6.45, 7) is 3.40. The van der Waals surface area contributed by atoms with E-state index in [9.17, 15) is 10.1 Å². The van der Waals surface area contributed by atoms with Crippen LogP contribution in [-0.2, 0) is 14.3 Å². The van der Waals surface area contributed by atoms with Gasteiger partial charge in [-0.1, -0.05) is 12.8 Å². The molecule has 3 aliphatic carbocycles. The predicted molar refractivity (Wildman–Crippen MR) is 83.4 cm³/mol. The van der Waals surface area contributed by atoms with Gasteiger partial charge in [0.05, 0.1) is 18.2 Å². The normalized spacial score (nSPS) is 43.3. The molecule has 0 unspecified atom stereocenters. The van der Waals surface area contributed by atoms with Crippen LogP contribution in [0.2, 0.25) is 0 Å². The molecule has 0 aromatic rings. The highest BCUT2D eigenvalue weighted by Crippen LogP contribution is 2.71. The van der Waals surface area contributed by atoms with E-state index in [-0.39, 0.29) is 29.1 Å². The highest BCUT2D eigenvalue weighted by atomic mass is 16.6. The average Bonchev–Trinajstić information content (AvgIpc) is 2.96. The summed E-state index contributed by atoms with van der Waals surface area (Å²) in [6.07, 6.45) is 7.95. The molecule has 2 spiro atoms. The van der Waals surface area contributed by atoms with E-state index in [2.05, 4.69) is 11.4 Å². The molecular formula is C18H26N2O3. The molecule has 4 atom stereocenters. The van der Waals surface area contributed by atoms with E-state index in [0.29, 0.717) is 6.61 Å². The smallest absolute Gasteiger partial charge is 0.241 e. The lowest BCUT2D eigenvalue weighted by Gasteiger charge is -2.52. The number of carbonyl (C=O) groups excluding carboxylic acids is 1. The molecule has 1 aliphatic heterocycles. The van der Waals surface area contributed by atoms with Crippen molar-refractivity contribution in [2.75, 3.05) is 13.2 Å². The Labute approximate surface area is 137 Å². The Morgan fingerprint density at radius 1 is 1.35 bits per heavy atom. The van der Waals surface area contributed by atoms with Crippen LogP contribution < -0.4 is 5.32 Å². The van der Waals surface area contributed by atoms with E-state index in [1.165, 1.54) is 0 Å². The molecular weight excluding hydrogens is 292 g/mol. The van der Waals surface area contributed by atoms with Gasteiger partial charge in [-0.25, -0.2) is 0 Å². The average molecular weight is 318 g/mol. The van der Waals surface area contributed by atoms with Crippen molar-refractivity contribution in [2.24, 2.45) is 10.8 Å². The topological polar surface area (TPSA) is 71.3 Å². The van der Waals surface area contributed by atoms with Crippen LogP contribution >= 0.6 is 0 Å². The van der Waals surface area contributed by atoms with Crippen LogP contribution in [0.5, 0.6) is 0 Å². The van der Waals surface area contributed by atoms with Crippen molar-refractivity contribution in [3.05, 3.63) is 0 Å². The number of carbonyl (C=O) groups is 1. The second-order valence-electron chi connectivity index (χ2n) is 7.79. The first-order valence-electron chi connectivity index (χ1n) is 9.10. The van der Waals surface area contributed by atoms with Crippen molar-refractivity contribution in [2.45, 2.75) is 76.0 Å². The number of hydrogen-bond donors (Lipinski definition) is 1. The van der Waals surface area contributed by atoms with E-state index in [4.69, 9.17) is 9.47 Å². The molecule has 0 aromatic carbocycles. The molecule has 23 heavy (non-hydrogen) atoms. The summed E-state index contributed by atoms with van der Waals surface area (Å²) >= 11 is 0. The molecule has 3 saturated carbocycles. The molecule has 1 amide bonds. The molecule has 1 heterocycles. The van der Waals surface area contributed by atoms with Gasteiger partial charge in [-0.15, -0.1) is 0 Å². The number of nitrogens with one attached hydrogen (secondary N) is 1. The first kappa shape index (κ1) is 15.4. The SMILES string of the molecule is CCO[C@@H]1C[C@H](NC(=O)[C@@]2(C#N)CC23CCCC3)[C@@]12CCCO2. The summed E-state index contributed by atoms with van der Waals surface area (Å²) in [5.74, 6) is -0.0586. The van der Waals surface area contributed by atoms with E-state index >= 15 is 0 Å². The summed E-state index contributed by atoms with van der Waals surface area (Å²) in [4.78, 5) is 12.9. The third-order valence-electron chi connectivity index (χ3n) is 6.86. The number of nitriles is 1. The fourth-order valence-electron chi connectivity index (χ4n) is 5.41. The van der Waals surface area contributed by atoms with Gasteiger partial charge in [-0.2, -0.15) is 5.26 Å². The van der Waals surface area contributed by atoms with Crippen LogP contribution in [0, 0.1) is 22.2 Å². The Morgan fingerprint density at radius 3 is 2.74 bits per heavy atom. The highest BCUT2D eigenvalue weighted by Gasteiger charge is 2.73. The van der Waals surface area contributed by atoms with Crippen LogP contribution in [0.15, 0.2) is 0 Å². The lowest BCUT2D eigenvalue weighted by Crippen LogP contribution is -2.70. The van der Waals surface area contributed by atoms with Crippen molar-refractivity contribution >= 4 is 5.91 Å². The van der Waals surface area contributed by atoms with Gasteiger partial charge in [0.1, 0.15) is 11.0 Å². The Bertz CT molecular complexity index is 543. The Morgan fingerprint density at radius 2 is 2.13 bits per heavy atom. The van der Waals surface area contributed by atoms with Crippen molar-refractivity contribution in [3.63, 3.8) is 0 Å². The molecule has 5 heteroatoms. The maximum Gasteiger partial charge on any atom is 0.241 e. The largest absolute Gasteiger partial charge is 0.375 e. The van der Waals surface area contributed by atoms with Crippen molar-refractivity contribution < 1.29 is 14.3 Å². The van der Waals surface area contributed by atoms with Gasteiger partial charge in [-0.05, 0) is 45.4 Å². The molecule has 0 radical (unpaired) electrons. The zero-order chi connectivity index (χ0) is 16.1. The zero-order valence-corrected chi connectivity index (χ0v) is 13.9. The lowest BCUT2D eigenvalue weighted by molar-refractivity contribution is -0.199. The fraction of sp³-hybridized carbons (Fsp3) is 0.889. The summed E-state index contributed by atoms with van der Waals surface area (Å²) < 4.78 is 11.8. The standard InChI is InChI=1S/C18H26N2O3/c1-2-22-14-10-13(18(14)8-5-9-23-18)20-15(21)17(12-19)11-16(17)6-3-4-7-16/h13-14H,2-11H2,1H3,(H,20,21)/t13-,14+,17-,18-/m0/s1. The molecule has 4 aliphatic rings. The number of hydrogen-bond acceptors (Lipinski definition) is 4.